The molecule has 90 valence electrons. The molecule has 0 spiro atoms. The molecule has 0 N–H and O–H groups in total. The second-order valence-electron chi connectivity index (χ2n) is 3.32. The van der Waals surface area contributed by atoms with Crippen LogP contribution in [0.4, 0.5) is 8.78 Å². The van der Waals surface area contributed by atoms with Crippen LogP contribution in [-0.2, 0) is 16.0 Å². The summed E-state index contributed by atoms with van der Waals surface area (Å²) in [4.78, 5) is 14.8. The largest absolute Gasteiger partial charge is 0.469 e. The number of aromatic nitrogens is 1. The first kappa shape index (κ1) is 13.0. The Bertz CT molecular complexity index is 481. The second-order valence-corrected chi connectivity index (χ2v) is 3.32. The number of carbonyl (C=O) groups excluding carboxylic acids is 1. The van der Waals surface area contributed by atoms with Crippen LogP contribution < -0.4 is 0 Å². The maximum Gasteiger partial charge on any atom is 0.310 e. The van der Waals surface area contributed by atoms with Gasteiger partial charge in [-0.05, 0) is 13.0 Å². The number of rotatable bonds is 3. The highest BCUT2D eigenvalue weighted by atomic mass is 19.3. The van der Waals surface area contributed by atoms with Crippen molar-refractivity contribution in [3.05, 3.63) is 28.6 Å². The number of esters is 1. The number of nitriles is 1. The van der Waals surface area contributed by atoms with Crippen LogP contribution in [-0.4, -0.2) is 18.1 Å². The summed E-state index contributed by atoms with van der Waals surface area (Å²) in [6.07, 6.45) is -2.89. The number of ether oxygens (including phenoxy) is 1. The van der Waals surface area contributed by atoms with E-state index in [9.17, 15) is 13.6 Å². The van der Waals surface area contributed by atoms with Crippen LogP contribution in [0, 0.1) is 18.3 Å². The lowest BCUT2D eigenvalue weighted by Crippen LogP contribution is -2.10. The molecule has 0 bridgehead atoms. The van der Waals surface area contributed by atoms with Gasteiger partial charge in [-0.1, -0.05) is 0 Å². The average molecular weight is 240 g/mol. The standard InChI is InChI=1S/C11H10F2N2O2/c1-6-8(4-10(16)17-2)7(5-14)3-9(15-6)11(12)13/h3,11H,4H2,1-2H3. The van der Waals surface area contributed by atoms with Crippen molar-refractivity contribution in [2.75, 3.05) is 7.11 Å². The number of alkyl halides is 2. The molecule has 0 fully saturated rings. The summed E-state index contributed by atoms with van der Waals surface area (Å²) in [6.45, 7) is 1.48. The van der Waals surface area contributed by atoms with Gasteiger partial charge in [0, 0.05) is 11.3 Å². The zero-order valence-electron chi connectivity index (χ0n) is 9.33. The Morgan fingerprint density at radius 1 is 1.65 bits per heavy atom. The second kappa shape index (κ2) is 5.34. The minimum Gasteiger partial charge on any atom is -0.469 e. The van der Waals surface area contributed by atoms with Crippen LogP contribution in [0.5, 0.6) is 0 Å². The topological polar surface area (TPSA) is 63.0 Å². The van der Waals surface area contributed by atoms with Crippen LogP contribution in [0.25, 0.3) is 0 Å². The molecule has 6 heteroatoms. The molecular formula is C11H10F2N2O2. The quantitative estimate of drug-likeness (QED) is 0.757. The van der Waals surface area contributed by atoms with Crippen molar-refractivity contribution in [3.63, 3.8) is 0 Å². The Morgan fingerprint density at radius 2 is 2.29 bits per heavy atom. The lowest BCUT2D eigenvalue weighted by Gasteiger charge is -2.08. The Hall–Kier alpha value is -2.03. The van der Waals surface area contributed by atoms with Gasteiger partial charge in [-0.2, -0.15) is 5.26 Å². The molecular weight excluding hydrogens is 230 g/mol. The van der Waals surface area contributed by atoms with E-state index >= 15 is 0 Å². The molecule has 1 heterocycles. The molecule has 0 saturated heterocycles. The Kier molecular flexibility index (Phi) is 4.10. The summed E-state index contributed by atoms with van der Waals surface area (Å²) in [5.41, 5.74) is 0.124. The summed E-state index contributed by atoms with van der Waals surface area (Å²) in [5.74, 6) is -0.545. The number of carbonyl (C=O) groups is 1. The first-order valence-corrected chi connectivity index (χ1v) is 4.75. The van der Waals surface area contributed by atoms with Gasteiger partial charge in [0.15, 0.2) is 0 Å². The third-order valence-electron chi connectivity index (χ3n) is 2.24. The lowest BCUT2D eigenvalue weighted by atomic mass is 10.0. The Labute approximate surface area is 96.8 Å². The van der Waals surface area contributed by atoms with Crippen LogP contribution in [0.15, 0.2) is 6.07 Å². The summed E-state index contributed by atoms with van der Waals surface area (Å²) < 4.78 is 29.4. The van der Waals surface area contributed by atoms with E-state index in [1.807, 2.05) is 0 Å². The van der Waals surface area contributed by atoms with Gasteiger partial charge in [-0.25, -0.2) is 8.78 Å². The third-order valence-corrected chi connectivity index (χ3v) is 2.24. The molecule has 0 saturated carbocycles. The Balaban J connectivity index is 3.22. The van der Waals surface area contributed by atoms with E-state index in [-0.39, 0.29) is 17.7 Å². The summed E-state index contributed by atoms with van der Waals surface area (Å²) in [7, 11) is 1.21. The van der Waals surface area contributed by atoms with Gasteiger partial charge < -0.3 is 4.74 Å². The fraction of sp³-hybridized carbons (Fsp3) is 0.364. The number of halogens is 2. The smallest absolute Gasteiger partial charge is 0.310 e. The number of pyridine rings is 1. The minimum atomic E-state index is -2.74. The molecule has 0 aliphatic carbocycles. The molecule has 1 rings (SSSR count). The molecule has 17 heavy (non-hydrogen) atoms. The van der Waals surface area contributed by atoms with Gasteiger partial charge in [0.2, 0.25) is 0 Å². The van der Waals surface area contributed by atoms with E-state index in [1.54, 1.807) is 6.07 Å². The van der Waals surface area contributed by atoms with Crippen LogP contribution in [0.1, 0.15) is 28.9 Å². The minimum absolute atomic E-state index is 0.0261. The zero-order chi connectivity index (χ0) is 13.0. The number of hydrogen-bond donors (Lipinski definition) is 0. The molecule has 1 aromatic heterocycles. The van der Waals surface area contributed by atoms with Gasteiger partial charge >= 0.3 is 5.97 Å². The lowest BCUT2D eigenvalue weighted by molar-refractivity contribution is -0.139. The molecule has 0 radical (unpaired) electrons. The van der Waals surface area contributed by atoms with E-state index in [0.29, 0.717) is 5.56 Å². The molecule has 4 nitrogen and oxygen atoms in total. The average Bonchev–Trinajstić information content (AvgIpc) is 2.30. The van der Waals surface area contributed by atoms with Crippen molar-refractivity contribution in [1.82, 2.24) is 4.98 Å². The molecule has 0 aliphatic heterocycles. The summed E-state index contributed by atoms with van der Waals surface area (Å²) in [5, 5.41) is 8.86. The van der Waals surface area contributed by atoms with Crippen molar-refractivity contribution in [2.24, 2.45) is 0 Å². The maximum atomic E-state index is 12.5. The predicted molar refractivity (Wildman–Crippen MR) is 54.4 cm³/mol. The van der Waals surface area contributed by atoms with Crippen LogP contribution in [0.3, 0.4) is 0 Å². The van der Waals surface area contributed by atoms with Crippen molar-refractivity contribution in [2.45, 2.75) is 19.8 Å². The first-order chi connectivity index (χ1) is 7.99. The Morgan fingerprint density at radius 3 is 2.76 bits per heavy atom. The highest BCUT2D eigenvalue weighted by molar-refractivity contribution is 5.73. The van der Waals surface area contributed by atoms with E-state index in [1.165, 1.54) is 14.0 Å². The van der Waals surface area contributed by atoms with Gasteiger partial charge in [0.25, 0.3) is 6.43 Å². The third kappa shape index (κ3) is 2.97. The van der Waals surface area contributed by atoms with Crippen molar-refractivity contribution >= 4 is 5.97 Å². The van der Waals surface area contributed by atoms with Gasteiger partial charge in [0.05, 0.1) is 25.2 Å². The van der Waals surface area contributed by atoms with E-state index in [4.69, 9.17) is 5.26 Å². The fourth-order valence-electron chi connectivity index (χ4n) is 1.37. The van der Waals surface area contributed by atoms with Crippen molar-refractivity contribution < 1.29 is 18.3 Å². The van der Waals surface area contributed by atoms with Gasteiger partial charge in [-0.15, -0.1) is 0 Å². The molecule has 0 aliphatic rings. The molecule has 0 aromatic carbocycles. The molecule has 0 atom stereocenters. The van der Waals surface area contributed by atoms with E-state index in [0.717, 1.165) is 6.07 Å². The molecule has 0 amide bonds. The van der Waals surface area contributed by atoms with Gasteiger partial charge in [-0.3, -0.25) is 9.78 Å². The van der Waals surface area contributed by atoms with Gasteiger partial charge in [0.1, 0.15) is 5.69 Å². The first-order valence-electron chi connectivity index (χ1n) is 4.75. The monoisotopic (exact) mass is 240 g/mol. The number of methoxy groups -OCH3 is 1. The van der Waals surface area contributed by atoms with Crippen molar-refractivity contribution in [1.29, 1.82) is 5.26 Å². The highest BCUT2D eigenvalue weighted by Gasteiger charge is 2.17. The van der Waals surface area contributed by atoms with Crippen molar-refractivity contribution in [3.8, 4) is 6.07 Å². The predicted octanol–water partition coefficient (Wildman–Crippen LogP) is 1.91. The highest BCUT2D eigenvalue weighted by Crippen LogP contribution is 2.22. The molecule has 0 unspecified atom stereocenters. The SMILES string of the molecule is COC(=O)Cc1c(C#N)cc(C(F)F)nc1C. The van der Waals surface area contributed by atoms with E-state index in [2.05, 4.69) is 9.72 Å². The zero-order valence-corrected chi connectivity index (χ0v) is 9.33. The number of nitrogens with zero attached hydrogens (tertiary/aromatic N) is 2. The van der Waals surface area contributed by atoms with Crippen LogP contribution >= 0.6 is 0 Å². The summed E-state index contributed by atoms with van der Waals surface area (Å²) in [6, 6.07) is 2.78. The summed E-state index contributed by atoms with van der Waals surface area (Å²) >= 11 is 0. The number of hydrogen-bond acceptors (Lipinski definition) is 4. The van der Waals surface area contributed by atoms with Crippen LogP contribution in [0.2, 0.25) is 0 Å². The fourth-order valence-corrected chi connectivity index (χ4v) is 1.37. The number of aryl methyl sites for hydroxylation is 1. The van der Waals surface area contributed by atoms with E-state index < -0.39 is 18.1 Å². The molecule has 1 aromatic rings. The normalized spacial score (nSPS) is 10.1. The maximum absolute atomic E-state index is 12.5.